The zero-order valence-electron chi connectivity index (χ0n) is 21.5. The quantitative estimate of drug-likeness (QED) is 0.248. The third-order valence-electron chi connectivity index (χ3n) is 5.95. The fourth-order valence-electron chi connectivity index (χ4n) is 3.90. The second kappa shape index (κ2) is 10.5. The van der Waals surface area contributed by atoms with E-state index in [1.165, 1.54) is 5.01 Å². The van der Waals surface area contributed by atoms with E-state index in [0.29, 0.717) is 16.1 Å². The van der Waals surface area contributed by atoms with Crippen molar-refractivity contribution in [3.8, 4) is 11.8 Å². The van der Waals surface area contributed by atoms with Crippen molar-refractivity contribution in [3.05, 3.63) is 111 Å². The molecule has 4 rings (SSSR count). The van der Waals surface area contributed by atoms with E-state index in [9.17, 15) is 9.59 Å². The molecule has 0 aliphatic heterocycles. The van der Waals surface area contributed by atoms with Crippen molar-refractivity contribution in [1.82, 2.24) is 15.4 Å². The number of hydrogen-bond donors (Lipinski definition) is 1. The van der Waals surface area contributed by atoms with Crippen LogP contribution in [0.1, 0.15) is 63.7 Å². The van der Waals surface area contributed by atoms with Crippen LogP contribution in [0.3, 0.4) is 0 Å². The molecule has 2 amide bonds. The number of aryl methyl sites for hydroxylation is 2. The smallest absolute Gasteiger partial charge is 0.267 e. The molecular formula is C31H28ClN3O2. The first-order valence-electron chi connectivity index (χ1n) is 11.9. The van der Waals surface area contributed by atoms with Crippen molar-refractivity contribution < 1.29 is 9.59 Å². The molecular weight excluding hydrogens is 482 g/mol. The molecule has 1 N–H and O–H groups in total. The molecule has 1 aromatic heterocycles. The summed E-state index contributed by atoms with van der Waals surface area (Å²) < 4.78 is 0. The van der Waals surface area contributed by atoms with Crippen molar-refractivity contribution in [2.24, 2.45) is 0 Å². The van der Waals surface area contributed by atoms with Crippen LogP contribution in [0.2, 0.25) is 5.02 Å². The van der Waals surface area contributed by atoms with Gasteiger partial charge in [-0.1, -0.05) is 59.8 Å². The molecule has 0 unspecified atom stereocenters. The number of nitrogens with zero attached hydrogens (tertiary/aromatic N) is 2. The van der Waals surface area contributed by atoms with Gasteiger partial charge in [-0.15, -0.1) is 0 Å². The van der Waals surface area contributed by atoms with Gasteiger partial charge in [-0.2, -0.15) is 0 Å². The summed E-state index contributed by atoms with van der Waals surface area (Å²) >= 11 is 6.29. The van der Waals surface area contributed by atoms with Gasteiger partial charge < -0.3 is 0 Å². The first-order valence-corrected chi connectivity index (χ1v) is 12.3. The Morgan fingerprint density at radius 3 is 2.41 bits per heavy atom. The zero-order valence-corrected chi connectivity index (χ0v) is 22.3. The number of carbonyl (C=O) groups is 2. The monoisotopic (exact) mass is 509 g/mol. The van der Waals surface area contributed by atoms with E-state index in [0.717, 1.165) is 33.2 Å². The van der Waals surface area contributed by atoms with Crippen molar-refractivity contribution in [3.63, 3.8) is 0 Å². The lowest BCUT2D eigenvalue weighted by molar-refractivity contribution is 0.0358. The average molecular weight is 510 g/mol. The Balaban J connectivity index is 1.64. The van der Waals surface area contributed by atoms with Crippen LogP contribution in [-0.4, -0.2) is 27.3 Å². The van der Waals surface area contributed by atoms with Crippen LogP contribution in [0.25, 0.3) is 10.9 Å². The van der Waals surface area contributed by atoms with E-state index in [1.54, 1.807) is 43.5 Å². The number of aromatic nitrogens is 1. The van der Waals surface area contributed by atoms with Crippen molar-refractivity contribution in [2.75, 3.05) is 0 Å². The molecule has 186 valence electrons. The van der Waals surface area contributed by atoms with E-state index in [1.807, 2.05) is 64.1 Å². The predicted octanol–water partition coefficient (Wildman–Crippen LogP) is 6.49. The van der Waals surface area contributed by atoms with Crippen molar-refractivity contribution in [2.45, 2.75) is 40.2 Å². The molecule has 0 atom stereocenters. The Labute approximate surface area is 222 Å². The molecule has 0 radical (unpaired) electrons. The minimum absolute atomic E-state index is 0.329. The Hall–Kier alpha value is -4.14. The van der Waals surface area contributed by atoms with Gasteiger partial charge in [0, 0.05) is 28.3 Å². The molecule has 0 aliphatic carbocycles. The number of fused-ring (bicyclic) bond motifs is 1. The minimum Gasteiger partial charge on any atom is -0.267 e. The topological polar surface area (TPSA) is 62.3 Å². The summed E-state index contributed by atoms with van der Waals surface area (Å²) in [5.74, 6) is 5.56. The number of rotatable bonds is 2. The number of hydrogen-bond acceptors (Lipinski definition) is 3. The maximum absolute atomic E-state index is 13.6. The molecule has 0 saturated carbocycles. The van der Waals surface area contributed by atoms with Crippen LogP contribution in [0.4, 0.5) is 0 Å². The Kier molecular flexibility index (Phi) is 7.33. The summed E-state index contributed by atoms with van der Waals surface area (Å²) in [5.41, 5.74) is 6.92. The van der Waals surface area contributed by atoms with Crippen molar-refractivity contribution in [1.29, 1.82) is 0 Å². The summed E-state index contributed by atoms with van der Waals surface area (Å²) in [6.07, 6.45) is 1.74. The number of hydrazine groups is 1. The second-order valence-corrected chi connectivity index (χ2v) is 10.3. The number of halogens is 1. The highest BCUT2D eigenvalue weighted by atomic mass is 35.5. The number of benzene rings is 3. The van der Waals surface area contributed by atoms with Gasteiger partial charge >= 0.3 is 0 Å². The fourth-order valence-corrected chi connectivity index (χ4v) is 4.21. The lowest BCUT2D eigenvalue weighted by atomic mass is 10.0. The van der Waals surface area contributed by atoms with Gasteiger partial charge in [-0.05, 0) is 76.1 Å². The molecule has 0 fully saturated rings. The standard InChI is InChI=1S/C31H28ClN3O2/c1-20-13-15-25(18-23(20)16-14-22-17-24-10-6-7-12-27(24)33-19-22)30(37)35(31(3,4)5)34-29(36)28-21(2)9-8-11-26(28)32/h6-13,15,17-19H,1-5H3,(H,34,36). The highest BCUT2D eigenvalue weighted by molar-refractivity contribution is 6.34. The maximum atomic E-state index is 13.6. The molecule has 0 spiro atoms. The van der Waals surface area contributed by atoms with E-state index in [4.69, 9.17) is 11.6 Å². The van der Waals surface area contributed by atoms with Crippen LogP contribution in [0, 0.1) is 25.7 Å². The summed E-state index contributed by atoms with van der Waals surface area (Å²) in [6.45, 7) is 9.31. The lowest BCUT2D eigenvalue weighted by Crippen LogP contribution is -2.56. The minimum atomic E-state index is -0.699. The number of para-hydroxylation sites is 1. The largest absolute Gasteiger partial charge is 0.272 e. The van der Waals surface area contributed by atoms with Crippen LogP contribution in [-0.2, 0) is 0 Å². The second-order valence-electron chi connectivity index (χ2n) is 9.88. The van der Waals surface area contributed by atoms with Gasteiger partial charge in [0.05, 0.1) is 21.6 Å². The zero-order chi connectivity index (χ0) is 26.7. The van der Waals surface area contributed by atoms with Crippen LogP contribution in [0.5, 0.6) is 0 Å². The van der Waals surface area contributed by atoms with Gasteiger partial charge in [0.15, 0.2) is 0 Å². The Morgan fingerprint density at radius 1 is 0.919 bits per heavy atom. The van der Waals surface area contributed by atoms with E-state index in [2.05, 4.69) is 22.3 Å². The molecule has 37 heavy (non-hydrogen) atoms. The van der Waals surface area contributed by atoms with Gasteiger partial charge in [0.2, 0.25) is 0 Å². The van der Waals surface area contributed by atoms with Crippen LogP contribution in [0.15, 0.2) is 72.9 Å². The van der Waals surface area contributed by atoms with E-state index >= 15 is 0 Å². The van der Waals surface area contributed by atoms with Crippen molar-refractivity contribution >= 4 is 34.3 Å². The molecule has 0 aliphatic rings. The van der Waals surface area contributed by atoms with Crippen LogP contribution < -0.4 is 5.43 Å². The van der Waals surface area contributed by atoms with Gasteiger partial charge in [-0.3, -0.25) is 20.0 Å². The molecule has 6 heteroatoms. The molecule has 0 saturated heterocycles. The van der Waals surface area contributed by atoms with E-state index in [-0.39, 0.29) is 5.91 Å². The summed E-state index contributed by atoms with van der Waals surface area (Å²) in [4.78, 5) is 31.2. The molecule has 4 aromatic rings. The molecule has 3 aromatic carbocycles. The van der Waals surface area contributed by atoms with E-state index < -0.39 is 11.4 Å². The Morgan fingerprint density at radius 2 is 1.68 bits per heavy atom. The Bertz CT molecular complexity index is 1550. The summed E-state index contributed by atoms with van der Waals surface area (Å²) in [5, 5.41) is 2.68. The van der Waals surface area contributed by atoms with Gasteiger partial charge in [0.25, 0.3) is 11.8 Å². The highest BCUT2D eigenvalue weighted by Gasteiger charge is 2.30. The average Bonchev–Trinajstić information content (AvgIpc) is 2.85. The van der Waals surface area contributed by atoms with Crippen LogP contribution >= 0.6 is 11.6 Å². The third-order valence-corrected chi connectivity index (χ3v) is 6.27. The number of nitrogens with one attached hydrogen (secondary N) is 1. The summed E-state index contributed by atoms with van der Waals surface area (Å²) in [7, 11) is 0. The molecule has 1 heterocycles. The number of pyridine rings is 1. The summed E-state index contributed by atoms with van der Waals surface area (Å²) in [6, 6.07) is 20.5. The highest BCUT2D eigenvalue weighted by Crippen LogP contribution is 2.22. The number of carbonyl (C=O) groups excluding carboxylic acids is 2. The molecule has 5 nitrogen and oxygen atoms in total. The SMILES string of the molecule is Cc1ccc(C(=O)N(NC(=O)c2c(C)cccc2Cl)C(C)(C)C)cc1C#Cc1cnc2ccccc2c1. The fraction of sp³-hybridized carbons (Fsp3) is 0.194. The first kappa shape index (κ1) is 25.9. The normalized spacial score (nSPS) is 11.0. The third kappa shape index (κ3) is 5.82. The van der Waals surface area contributed by atoms with Gasteiger partial charge in [-0.25, -0.2) is 5.01 Å². The first-order chi connectivity index (χ1) is 17.5. The lowest BCUT2D eigenvalue weighted by Gasteiger charge is -2.35. The predicted molar refractivity (Wildman–Crippen MR) is 148 cm³/mol. The molecule has 0 bridgehead atoms. The van der Waals surface area contributed by atoms with Gasteiger partial charge in [0.1, 0.15) is 0 Å². The number of amides is 2. The maximum Gasteiger partial charge on any atom is 0.272 e.